The van der Waals surface area contributed by atoms with E-state index in [1.807, 2.05) is 18.2 Å². The number of hydrogen-bond acceptors (Lipinski definition) is 2. The highest BCUT2D eigenvalue weighted by molar-refractivity contribution is 6.31. The lowest BCUT2D eigenvalue weighted by molar-refractivity contribution is 0.178. The molecule has 1 aromatic carbocycles. The summed E-state index contributed by atoms with van der Waals surface area (Å²) in [7, 11) is 0. The first-order chi connectivity index (χ1) is 7.23. The molecular formula is C12H14ClNO. The molecule has 1 saturated carbocycles. The number of fused-ring (bicyclic) bond motifs is 2. The van der Waals surface area contributed by atoms with Crippen molar-refractivity contribution in [2.24, 2.45) is 0 Å². The van der Waals surface area contributed by atoms with Crippen LogP contribution >= 0.6 is 11.6 Å². The molecule has 1 aromatic rings. The summed E-state index contributed by atoms with van der Waals surface area (Å²) in [6, 6.07) is 5.85. The monoisotopic (exact) mass is 223 g/mol. The minimum absolute atomic E-state index is 0.213. The maximum Gasteiger partial charge on any atom is 0.0917 e. The van der Waals surface area contributed by atoms with Gasteiger partial charge >= 0.3 is 0 Å². The molecule has 1 fully saturated rings. The maximum absolute atomic E-state index is 10.0. The van der Waals surface area contributed by atoms with Crippen molar-refractivity contribution in [2.45, 2.75) is 24.4 Å². The van der Waals surface area contributed by atoms with E-state index in [2.05, 4.69) is 5.32 Å². The number of benzene rings is 1. The molecule has 80 valence electrons. The lowest BCUT2D eigenvalue weighted by Crippen LogP contribution is -2.26. The van der Waals surface area contributed by atoms with E-state index in [1.165, 1.54) is 18.4 Å². The van der Waals surface area contributed by atoms with Gasteiger partial charge in [-0.3, -0.25) is 0 Å². The first-order valence-electron chi connectivity index (χ1n) is 5.41. The second kappa shape index (κ2) is 3.21. The number of aliphatic hydroxyl groups is 1. The predicted molar refractivity (Wildman–Crippen MR) is 60.2 cm³/mol. The Bertz CT molecular complexity index is 401. The number of halogens is 1. The summed E-state index contributed by atoms with van der Waals surface area (Å²) in [6.07, 6.45) is 1.95. The fraction of sp³-hybridized carbons (Fsp3) is 0.500. The highest BCUT2D eigenvalue weighted by atomic mass is 35.5. The summed E-state index contributed by atoms with van der Waals surface area (Å²) < 4.78 is 0. The topological polar surface area (TPSA) is 32.3 Å². The molecule has 0 aromatic heterocycles. The van der Waals surface area contributed by atoms with Gasteiger partial charge in [-0.2, -0.15) is 0 Å². The summed E-state index contributed by atoms with van der Waals surface area (Å²) in [5.41, 5.74) is 2.42. The summed E-state index contributed by atoms with van der Waals surface area (Å²) in [6.45, 7) is 1.58. The summed E-state index contributed by atoms with van der Waals surface area (Å²) in [5.74, 6) is 0. The van der Waals surface area contributed by atoms with Crippen molar-refractivity contribution in [3.63, 3.8) is 0 Å². The Morgan fingerprint density at radius 3 is 2.93 bits per heavy atom. The number of β-amino-alcohol motifs (C(OH)–C–C–N with tert-alkyl or cyclic N) is 1. The third-order valence-electron chi connectivity index (χ3n) is 3.59. The molecule has 0 radical (unpaired) electrons. The highest BCUT2D eigenvalue weighted by Crippen LogP contribution is 2.53. The zero-order chi connectivity index (χ0) is 10.5. The molecule has 1 atom stereocenters. The Kier molecular flexibility index (Phi) is 2.06. The predicted octanol–water partition coefficient (Wildman–Crippen LogP) is 2.01. The van der Waals surface area contributed by atoms with E-state index in [-0.39, 0.29) is 5.41 Å². The average Bonchev–Trinajstić information content (AvgIpc) is 2.99. The van der Waals surface area contributed by atoms with Gasteiger partial charge in [0.25, 0.3) is 0 Å². The molecule has 3 heteroatoms. The van der Waals surface area contributed by atoms with Gasteiger partial charge in [-0.1, -0.05) is 23.7 Å². The molecule has 0 amide bonds. The van der Waals surface area contributed by atoms with Gasteiger partial charge in [0.15, 0.2) is 0 Å². The van der Waals surface area contributed by atoms with Gasteiger partial charge in [-0.05, 0) is 30.0 Å². The number of rotatable bonds is 0. The van der Waals surface area contributed by atoms with Crippen LogP contribution in [0.15, 0.2) is 18.2 Å². The molecule has 0 saturated heterocycles. The third-order valence-corrected chi connectivity index (χ3v) is 3.90. The molecule has 2 nitrogen and oxygen atoms in total. The first-order valence-corrected chi connectivity index (χ1v) is 5.78. The van der Waals surface area contributed by atoms with Crippen LogP contribution in [0.25, 0.3) is 0 Å². The lowest BCUT2D eigenvalue weighted by Gasteiger charge is -2.18. The van der Waals surface area contributed by atoms with Gasteiger partial charge in [0.05, 0.1) is 6.10 Å². The molecule has 0 bridgehead atoms. The molecule has 2 N–H and O–H groups in total. The van der Waals surface area contributed by atoms with Gasteiger partial charge in [-0.15, -0.1) is 0 Å². The molecule has 3 rings (SSSR count). The summed E-state index contributed by atoms with van der Waals surface area (Å²) >= 11 is 6.27. The van der Waals surface area contributed by atoms with Crippen molar-refractivity contribution >= 4 is 11.6 Å². The lowest BCUT2D eigenvalue weighted by atomic mass is 9.90. The molecule has 1 spiro atoms. The van der Waals surface area contributed by atoms with Gasteiger partial charge < -0.3 is 10.4 Å². The molecule has 15 heavy (non-hydrogen) atoms. The van der Waals surface area contributed by atoms with Crippen molar-refractivity contribution < 1.29 is 5.11 Å². The van der Waals surface area contributed by atoms with Crippen molar-refractivity contribution in [3.8, 4) is 0 Å². The molecule has 1 aliphatic heterocycles. The van der Waals surface area contributed by atoms with Crippen LogP contribution in [0.4, 0.5) is 0 Å². The van der Waals surface area contributed by atoms with Gasteiger partial charge in [0, 0.05) is 23.5 Å². The first kappa shape index (κ1) is 9.64. The fourth-order valence-electron chi connectivity index (χ4n) is 2.60. The van der Waals surface area contributed by atoms with Gasteiger partial charge in [0.1, 0.15) is 0 Å². The van der Waals surface area contributed by atoms with Crippen molar-refractivity contribution in [2.75, 3.05) is 13.1 Å². The van der Waals surface area contributed by atoms with Crippen molar-refractivity contribution in [1.82, 2.24) is 5.32 Å². The zero-order valence-electron chi connectivity index (χ0n) is 8.46. The van der Waals surface area contributed by atoms with Crippen LogP contribution < -0.4 is 5.32 Å². The zero-order valence-corrected chi connectivity index (χ0v) is 9.22. The summed E-state index contributed by atoms with van der Waals surface area (Å²) in [5, 5.41) is 14.1. The van der Waals surface area contributed by atoms with E-state index < -0.39 is 6.10 Å². The van der Waals surface area contributed by atoms with E-state index in [9.17, 15) is 5.11 Å². The molecule has 1 aliphatic carbocycles. The standard InChI is InChI=1S/C12H14ClNO/c13-9-3-1-2-8-10(15)6-14-7-12(4-5-12)11(8)9/h1-3,10,14-15H,4-7H2. The third kappa shape index (κ3) is 1.40. The number of aliphatic hydroxyl groups excluding tert-OH is 1. The fourth-order valence-corrected chi connectivity index (χ4v) is 2.98. The molecule has 1 unspecified atom stereocenters. The van der Waals surface area contributed by atoms with Crippen LogP contribution in [-0.2, 0) is 5.41 Å². The van der Waals surface area contributed by atoms with E-state index in [1.54, 1.807) is 0 Å². The van der Waals surface area contributed by atoms with Gasteiger partial charge in [0.2, 0.25) is 0 Å². The SMILES string of the molecule is OC1CNCC2(CC2)c2c(Cl)cccc21. The Labute approximate surface area is 94.3 Å². The van der Waals surface area contributed by atoms with E-state index in [0.717, 1.165) is 17.1 Å². The second-order valence-electron chi connectivity index (χ2n) is 4.63. The van der Waals surface area contributed by atoms with Crippen LogP contribution in [-0.4, -0.2) is 18.2 Å². The van der Waals surface area contributed by atoms with E-state index in [4.69, 9.17) is 11.6 Å². The molecule has 1 heterocycles. The van der Waals surface area contributed by atoms with E-state index in [0.29, 0.717) is 6.54 Å². The highest BCUT2D eigenvalue weighted by Gasteiger charge is 2.48. The summed E-state index contributed by atoms with van der Waals surface area (Å²) in [4.78, 5) is 0. The Hall–Kier alpha value is -0.570. The number of hydrogen-bond donors (Lipinski definition) is 2. The minimum Gasteiger partial charge on any atom is -0.387 e. The van der Waals surface area contributed by atoms with Crippen LogP contribution in [0.1, 0.15) is 30.1 Å². The molecular weight excluding hydrogens is 210 g/mol. The van der Waals surface area contributed by atoms with Gasteiger partial charge in [-0.25, -0.2) is 0 Å². The van der Waals surface area contributed by atoms with Crippen molar-refractivity contribution in [3.05, 3.63) is 34.3 Å². The normalized spacial score (nSPS) is 27.2. The van der Waals surface area contributed by atoms with Crippen LogP contribution in [0, 0.1) is 0 Å². The Morgan fingerprint density at radius 1 is 1.40 bits per heavy atom. The minimum atomic E-state index is -0.418. The maximum atomic E-state index is 10.0. The smallest absolute Gasteiger partial charge is 0.0917 e. The second-order valence-corrected chi connectivity index (χ2v) is 5.04. The Balaban J connectivity index is 2.20. The average molecular weight is 224 g/mol. The van der Waals surface area contributed by atoms with Crippen molar-refractivity contribution in [1.29, 1.82) is 0 Å². The largest absolute Gasteiger partial charge is 0.387 e. The van der Waals surface area contributed by atoms with E-state index >= 15 is 0 Å². The molecule has 2 aliphatic rings. The van der Waals surface area contributed by atoms with Crippen LogP contribution in [0.5, 0.6) is 0 Å². The van der Waals surface area contributed by atoms with Crippen LogP contribution in [0.2, 0.25) is 5.02 Å². The quantitative estimate of drug-likeness (QED) is 0.705. The Morgan fingerprint density at radius 2 is 2.20 bits per heavy atom. The number of nitrogens with one attached hydrogen (secondary N) is 1. The van der Waals surface area contributed by atoms with Crippen LogP contribution in [0.3, 0.4) is 0 Å².